The van der Waals surface area contributed by atoms with E-state index in [1.165, 1.54) is 0 Å². The second-order valence-corrected chi connectivity index (χ2v) is 6.81. The fraction of sp³-hybridized carbons (Fsp3) is 0.130. The van der Waals surface area contributed by atoms with E-state index in [-0.39, 0.29) is 0 Å². The molecule has 0 spiro atoms. The molecule has 6 heteroatoms. The summed E-state index contributed by atoms with van der Waals surface area (Å²) in [5.74, 6) is -1.34. The molecule has 2 unspecified atom stereocenters. The predicted octanol–water partition coefficient (Wildman–Crippen LogP) is 2.97. The van der Waals surface area contributed by atoms with Gasteiger partial charge in [0.1, 0.15) is 6.04 Å². The Morgan fingerprint density at radius 1 is 0.862 bits per heavy atom. The minimum Gasteiger partial charge on any atom is -0.342 e. The normalized spacial score (nSPS) is 15.0. The number of benzene rings is 2. The minimum atomic E-state index is -0.961. The number of nitrogens with one attached hydrogen (secondary N) is 1. The molecule has 2 heterocycles. The van der Waals surface area contributed by atoms with Gasteiger partial charge in [-0.3, -0.25) is 24.3 Å². The molecule has 3 amide bonds. The average Bonchev–Trinajstić information content (AvgIpc) is 3.03. The molecule has 2 atom stereocenters. The molecule has 0 saturated heterocycles. The number of amides is 3. The van der Waals surface area contributed by atoms with Gasteiger partial charge in [-0.05, 0) is 36.8 Å². The molecular weight excluding hydrogens is 366 g/mol. The van der Waals surface area contributed by atoms with Crippen molar-refractivity contribution in [2.24, 2.45) is 0 Å². The summed E-state index contributed by atoms with van der Waals surface area (Å²) in [4.78, 5) is 43.8. The first kappa shape index (κ1) is 18.6. The van der Waals surface area contributed by atoms with Crippen LogP contribution in [0.4, 0.5) is 0 Å². The van der Waals surface area contributed by atoms with Gasteiger partial charge in [-0.1, -0.05) is 48.5 Å². The smallest absolute Gasteiger partial charge is 0.262 e. The highest BCUT2D eigenvalue weighted by molar-refractivity contribution is 6.22. The number of rotatable bonds is 5. The van der Waals surface area contributed by atoms with E-state index in [0.717, 1.165) is 10.5 Å². The molecule has 3 aromatic rings. The van der Waals surface area contributed by atoms with Crippen LogP contribution >= 0.6 is 0 Å². The Morgan fingerprint density at radius 2 is 1.45 bits per heavy atom. The fourth-order valence-corrected chi connectivity index (χ4v) is 3.46. The molecule has 2 aromatic carbocycles. The zero-order valence-corrected chi connectivity index (χ0v) is 15.8. The number of imide groups is 1. The van der Waals surface area contributed by atoms with Crippen LogP contribution in [-0.2, 0) is 4.79 Å². The van der Waals surface area contributed by atoms with Crippen molar-refractivity contribution in [3.63, 3.8) is 0 Å². The Kier molecular flexibility index (Phi) is 4.91. The zero-order valence-electron chi connectivity index (χ0n) is 15.8. The first-order valence-corrected chi connectivity index (χ1v) is 9.31. The van der Waals surface area contributed by atoms with Crippen LogP contribution in [0.25, 0.3) is 0 Å². The summed E-state index contributed by atoms with van der Waals surface area (Å²) in [5.41, 5.74) is 2.17. The van der Waals surface area contributed by atoms with Gasteiger partial charge in [0, 0.05) is 6.20 Å². The largest absolute Gasteiger partial charge is 0.342 e. The lowest BCUT2D eigenvalue weighted by atomic mass is 10.0. The van der Waals surface area contributed by atoms with E-state index < -0.39 is 29.8 Å². The van der Waals surface area contributed by atoms with E-state index in [1.807, 2.05) is 42.5 Å². The van der Waals surface area contributed by atoms with Crippen LogP contribution in [0.5, 0.6) is 0 Å². The van der Waals surface area contributed by atoms with Crippen LogP contribution in [0.3, 0.4) is 0 Å². The van der Waals surface area contributed by atoms with Crippen molar-refractivity contribution >= 4 is 17.7 Å². The van der Waals surface area contributed by atoms with Crippen LogP contribution in [0.1, 0.15) is 44.9 Å². The average molecular weight is 385 g/mol. The number of carbonyl (C=O) groups is 3. The van der Waals surface area contributed by atoms with Crippen LogP contribution in [-0.4, -0.2) is 33.6 Å². The van der Waals surface area contributed by atoms with Crippen LogP contribution in [0, 0.1) is 0 Å². The van der Waals surface area contributed by atoms with E-state index >= 15 is 0 Å². The Hall–Kier alpha value is -3.80. The fourth-order valence-electron chi connectivity index (χ4n) is 3.46. The van der Waals surface area contributed by atoms with Crippen molar-refractivity contribution < 1.29 is 14.4 Å². The lowest BCUT2D eigenvalue weighted by molar-refractivity contribution is -0.125. The number of hydrogen-bond acceptors (Lipinski definition) is 4. The number of fused-ring (bicyclic) bond motifs is 1. The van der Waals surface area contributed by atoms with Crippen molar-refractivity contribution in [2.75, 3.05) is 0 Å². The number of carbonyl (C=O) groups excluding carboxylic acids is 3. The highest BCUT2D eigenvalue weighted by atomic mass is 16.2. The zero-order chi connectivity index (χ0) is 20.4. The SMILES string of the molecule is CC(C(=O)NC(c1ccccc1)c1ccccn1)N1C(=O)c2ccccc2C1=O. The van der Waals surface area contributed by atoms with Crippen molar-refractivity contribution in [3.8, 4) is 0 Å². The van der Waals surface area contributed by atoms with Gasteiger partial charge in [0.05, 0.1) is 22.9 Å². The molecule has 4 rings (SSSR count). The topological polar surface area (TPSA) is 79.4 Å². The molecule has 1 aliphatic heterocycles. The van der Waals surface area contributed by atoms with Crippen LogP contribution in [0.15, 0.2) is 79.0 Å². The number of nitrogens with zero attached hydrogens (tertiary/aromatic N) is 2. The third kappa shape index (κ3) is 3.40. The number of aromatic nitrogens is 1. The quantitative estimate of drug-likeness (QED) is 0.685. The van der Waals surface area contributed by atoms with Crippen molar-refractivity contribution in [1.29, 1.82) is 0 Å². The molecule has 0 saturated carbocycles. The van der Waals surface area contributed by atoms with E-state index in [2.05, 4.69) is 10.3 Å². The Labute approximate surface area is 168 Å². The summed E-state index contributed by atoms with van der Waals surface area (Å²) < 4.78 is 0. The maximum absolute atomic E-state index is 13.0. The van der Waals surface area contributed by atoms with Gasteiger partial charge in [0.15, 0.2) is 0 Å². The van der Waals surface area contributed by atoms with Gasteiger partial charge in [-0.2, -0.15) is 0 Å². The summed E-state index contributed by atoms with van der Waals surface area (Å²) in [6.07, 6.45) is 1.66. The summed E-state index contributed by atoms with van der Waals surface area (Å²) in [5, 5.41) is 2.95. The number of pyridine rings is 1. The molecular formula is C23H19N3O3. The highest BCUT2D eigenvalue weighted by Gasteiger charge is 2.41. The van der Waals surface area contributed by atoms with E-state index in [1.54, 1.807) is 43.5 Å². The summed E-state index contributed by atoms with van der Waals surface area (Å²) in [6, 6.07) is 20.0. The van der Waals surface area contributed by atoms with Crippen molar-refractivity contribution in [2.45, 2.75) is 19.0 Å². The lowest BCUT2D eigenvalue weighted by Crippen LogP contribution is -2.48. The molecule has 0 aliphatic carbocycles. The van der Waals surface area contributed by atoms with Gasteiger partial charge >= 0.3 is 0 Å². The van der Waals surface area contributed by atoms with E-state index in [0.29, 0.717) is 16.8 Å². The third-order valence-electron chi connectivity index (χ3n) is 5.00. The second kappa shape index (κ2) is 7.67. The maximum atomic E-state index is 13.0. The van der Waals surface area contributed by atoms with E-state index in [9.17, 15) is 14.4 Å². The van der Waals surface area contributed by atoms with Gasteiger partial charge in [-0.15, -0.1) is 0 Å². The molecule has 0 fully saturated rings. The standard InChI is InChI=1S/C23H19N3O3/c1-15(26-22(28)17-11-5-6-12-18(17)23(26)29)21(27)25-20(16-9-3-2-4-10-16)19-13-7-8-14-24-19/h2-15,20H,1H3,(H,25,27). The molecule has 144 valence electrons. The predicted molar refractivity (Wildman–Crippen MR) is 107 cm³/mol. The third-order valence-corrected chi connectivity index (χ3v) is 5.00. The first-order chi connectivity index (χ1) is 14.1. The maximum Gasteiger partial charge on any atom is 0.262 e. The Balaban J connectivity index is 1.60. The van der Waals surface area contributed by atoms with Gasteiger partial charge in [-0.25, -0.2) is 0 Å². The Morgan fingerprint density at radius 3 is 2.03 bits per heavy atom. The summed E-state index contributed by atoms with van der Waals surface area (Å²) in [6.45, 7) is 1.55. The van der Waals surface area contributed by atoms with Gasteiger partial charge in [0.25, 0.3) is 11.8 Å². The minimum absolute atomic E-state index is 0.321. The van der Waals surface area contributed by atoms with Crippen LogP contribution in [0.2, 0.25) is 0 Å². The van der Waals surface area contributed by atoms with Crippen molar-refractivity contribution in [3.05, 3.63) is 101 Å². The molecule has 1 aliphatic rings. The van der Waals surface area contributed by atoms with Crippen LogP contribution < -0.4 is 5.32 Å². The highest BCUT2D eigenvalue weighted by Crippen LogP contribution is 2.26. The summed E-state index contributed by atoms with van der Waals surface area (Å²) in [7, 11) is 0. The molecule has 1 N–H and O–H groups in total. The van der Waals surface area contributed by atoms with Crippen molar-refractivity contribution in [1.82, 2.24) is 15.2 Å². The van der Waals surface area contributed by atoms with Gasteiger partial charge < -0.3 is 5.32 Å². The molecule has 6 nitrogen and oxygen atoms in total. The van der Waals surface area contributed by atoms with E-state index in [4.69, 9.17) is 0 Å². The molecule has 0 radical (unpaired) electrons. The van der Waals surface area contributed by atoms with Gasteiger partial charge in [0.2, 0.25) is 5.91 Å². The molecule has 0 bridgehead atoms. The summed E-state index contributed by atoms with van der Waals surface area (Å²) >= 11 is 0. The monoisotopic (exact) mass is 385 g/mol. The first-order valence-electron chi connectivity index (χ1n) is 9.31. The Bertz CT molecular complexity index is 992. The lowest BCUT2D eigenvalue weighted by Gasteiger charge is -2.25. The second-order valence-electron chi connectivity index (χ2n) is 6.81. The number of hydrogen-bond donors (Lipinski definition) is 1. The molecule has 1 aromatic heterocycles. The molecule has 29 heavy (non-hydrogen) atoms.